The first-order valence-corrected chi connectivity index (χ1v) is 9.72. The SMILES string of the molecule is COc1ccc(OC)c(CC2NCC(C(C)C)c3cc(OC)c(OC)cc32)c1.Cl. The van der Waals surface area contributed by atoms with Crippen molar-refractivity contribution in [3.63, 3.8) is 0 Å². The summed E-state index contributed by atoms with van der Waals surface area (Å²) in [6.07, 6.45) is 0.799. The summed E-state index contributed by atoms with van der Waals surface area (Å²) in [4.78, 5) is 0. The van der Waals surface area contributed by atoms with Gasteiger partial charge in [-0.2, -0.15) is 0 Å². The molecule has 1 N–H and O–H groups in total. The van der Waals surface area contributed by atoms with Crippen LogP contribution in [0.1, 0.15) is 42.5 Å². The molecule has 1 aliphatic heterocycles. The molecule has 0 aliphatic carbocycles. The fourth-order valence-corrected chi connectivity index (χ4v) is 4.06. The van der Waals surface area contributed by atoms with E-state index in [1.807, 2.05) is 12.1 Å². The van der Waals surface area contributed by atoms with Gasteiger partial charge in [0.25, 0.3) is 0 Å². The van der Waals surface area contributed by atoms with Gasteiger partial charge in [0.1, 0.15) is 11.5 Å². The minimum absolute atomic E-state index is 0. The van der Waals surface area contributed by atoms with Crippen LogP contribution in [0.15, 0.2) is 30.3 Å². The van der Waals surface area contributed by atoms with Gasteiger partial charge in [0, 0.05) is 12.6 Å². The zero-order chi connectivity index (χ0) is 20.3. The van der Waals surface area contributed by atoms with E-state index in [1.165, 1.54) is 11.1 Å². The molecule has 6 heteroatoms. The standard InChI is InChI=1S/C23H31NO4.ClH/c1-14(2)19-13-24-20(10-15-9-16(25-3)7-8-21(15)26-4)18-12-23(28-6)22(27-5)11-17(18)19;/h7-9,11-12,14,19-20,24H,10,13H2,1-6H3;1H. The predicted octanol–water partition coefficient (Wildman–Crippen LogP) is 4.77. The number of fused-ring (bicyclic) bond motifs is 1. The normalized spacial score (nSPS) is 17.9. The Morgan fingerprint density at radius 3 is 2.03 bits per heavy atom. The van der Waals surface area contributed by atoms with Crippen molar-refractivity contribution in [1.82, 2.24) is 5.32 Å². The van der Waals surface area contributed by atoms with Crippen molar-refractivity contribution in [2.75, 3.05) is 35.0 Å². The third-order valence-electron chi connectivity index (χ3n) is 5.66. The lowest BCUT2D eigenvalue weighted by atomic mass is 9.79. The van der Waals surface area contributed by atoms with Crippen LogP contribution in [0.2, 0.25) is 0 Å². The number of rotatable bonds is 7. The highest BCUT2D eigenvalue weighted by Gasteiger charge is 2.31. The molecule has 1 aliphatic rings. The third-order valence-corrected chi connectivity index (χ3v) is 5.66. The average Bonchev–Trinajstić information content (AvgIpc) is 2.72. The zero-order valence-corrected chi connectivity index (χ0v) is 18.9. The molecule has 0 saturated heterocycles. The van der Waals surface area contributed by atoms with Gasteiger partial charge in [-0.25, -0.2) is 0 Å². The lowest BCUT2D eigenvalue weighted by Gasteiger charge is -2.36. The van der Waals surface area contributed by atoms with E-state index < -0.39 is 0 Å². The van der Waals surface area contributed by atoms with E-state index in [4.69, 9.17) is 18.9 Å². The Balaban J connectivity index is 0.00000300. The first-order valence-electron chi connectivity index (χ1n) is 9.72. The maximum Gasteiger partial charge on any atom is 0.161 e. The second-order valence-electron chi connectivity index (χ2n) is 7.53. The van der Waals surface area contributed by atoms with Crippen molar-refractivity contribution < 1.29 is 18.9 Å². The van der Waals surface area contributed by atoms with Gasteiger partial charge in [0.05, 0.1) is 28.4 Å². The topological polar surface area (TPSA) is 49.0 Å². The van der Waals surface area contributed by atoms with Crippen LogP contribution < -0.4 is 24.3 Å². The van der Waals surface area contributed by atoms with Gasteiger partial charge in [-0.15, -0.1) is 12.4 Å². The van der Waals surface area contributed by atoms with E-state index in [0.29, 0.717) is 11.8 Å². The molecule has 0 aromatic heterocycles. The van der Waals surface area contributed by atoms with E-state index in [1.54, 1.807) is 28.4 Å². The summed E-state index contributed by atoms with van der Waals surface area (Å²) in [6, 6.07) is 10.4. The molecule has 3 rings (SSSR count). The van der Waals surface area contributed by atoms with Gasteiger partial charge in [-0.3, -0.25) is 0 Å². The molecule has 0 fully saturated rings. The van der Waals surface area contributed by atoms with Crippen molar-refractivity contribution in [3.05, 3.63) is 47.0 Å². The Labute approximate surface area is 180 Å². The van der Waals surface area contributed by atoms with Crippen LogP contribution >= 0.6 is 12.4 Å². The van der Waals surface area contributed by atoms with Gasteiger partial charge in [0.2, 0.25) is 0 Å². The highest BCUT2D eigenvalue weighted by atomic mass is 35.5. The van der Waals surface area contributed by atoms with Crippen LogP contribution in [0.3, 0.4) is 0 Å². The Bertz CT molecular complexity index is 825. The van der Waals surface area contributed by atoms with E-state index in [2.05, 4.69) is 37.4 Å². The van der Waals surface area contributed by atoms with E-state index in [0.717, 1.165) is 41.5 Å². The number of halogens is 1. The molecular weight excluding hydrogens is 390 g/mol. The molecule has 0 saturated carbocycles. The van der Waals surface area contributed by atoms with Crippen LogP contribution in [0, 0.1) is 5.92 Å². The minimum atomic E-state index is 0. The Morgan fingerprint density at radius 2 is 1.48 bits per heavy atom. The molecule has 2 unspecified atom stereocenters. The van der Waals surface area contributed by atoms with Crippen molar-refractivity contribution in [2.24, 2.45) is 5.92 Å². The number of methoxy groups -OCH3 is 4. The fourth-order valence-electron chi connectivity index (χ4n) is 4.06. The van der Waals surface area contributed by atoms with Crippen LogP contribution in [0.5, 0.6) is 23.0 Å². The number of ether oxygens (including phenoxy) is 4. The maximum atomic E-state index is 5.59. The molecular formula is C23H32ClNO4. The number of benzene rings is 2. The molecule has 2 aromatic rings. The molecule has 0 bridgehead atoms. The molecule has 0 spiro atoms. The monoisotopic (exact) mass is 421 g/mol. The number of hydrogen-bond donors (Lipinski definition) is 1. The molecule has 0 amide bonds. The van der Waals surface area contributed by atoms with Gasteiger partial charge >= 0.3 is 0 Å². The van der Waals surface area contributed by atoms with Crippen molar-refractivity contribution in [3.8, 4) is 23.0 Å². The molecule has 2 aromatic carbocycles. The highest BCUT2D eigenvalue weighted by molar-refractivity contribution is 5.85. The first-order chi connectivity index (χ1) is 13.5. The summed E-state index contributed by atoms with van der Waals surface area (Å²) in [5, 5.41) is 3.74. The summed E-state index contributed by atoms with van der Waals surface area (Å²) in [5.74, 6) is 4.20. The zero-order valence-electron chi connectivity index (χ0n) is 18.1. The van der Waals surface area contributed by atoms with E-state index >= 15 is 0 Å². The molecule has 2 atom stereocenters. The van der Waals surface area contributed by atoms with E-state index in [9.17, 15) is 0 Å². The molecule has 5 nitrogen and oxygen atoms in total. The smallest absolute Gasteiger partial charge is 0.161 e. The Morgan fingerprint density at radius 1 is 0.862 bits per heavy atom. The largest absolute Gasteiger partial charge is 0.497 e. The molecule has 0 radical (unpaired) electrons. The highest BCUT2D eigenvalue weighted by Crippen LogP contribution is 2.42. The van der Waals surface area contributed by atoms with Crippen LogP contribution in [0.4, 0.5) is 0 Å². The predicted molar refractivity (Wildman–Crippen MR) is 118 cm³/mol. The Kier molecular flexibility index (Phi) is 8.05. The van der Waals surface area contributed by atoms with Crippen molar-refractivity contribution >= 4 is 12.4 Å². The summed E-state index contributed by atoms with van der Waals surface area (Å²) >= 11 is 0. The van der Waals surface area contributed by atoms with Crippen molar-refractivity contribution in [1.29, 1.82) is 0 Å². The lowest BCUT2D eigenvalue weighted by Crippen LogP contribution is -2.36. The minimum Gasteiger partial charge on any atom is -0.497 e. The summed E-state index contributed by atoms with van der Waals surface area (Å²) < 4.78 is 22.2. The second kappa shape index (κ2) is 10.1. The van der Waals surface area contributed by atoms with Gasteiger partial charge in [-0.1, -0.05) is 13.8 Å². The maximum absolute atomic E-state index is 5.59. The quantitative estimate of drug-likeness (QED) is 0.697. The fraction of sp³-hybridized carbons (Fsp3) is 0.478. The van der Waals surface area contributed by atoms with Crippen LogP contribution in [-0.2, 0) is 6.42 Å². The molecule has 1 heterocycles. The average molecular weight is 422 g/mol. The van der Waals surface area contributed by atoms with Crippen LogP contribution in [-0.4, -0.2) is 35.0 Å². The van der Waals surface area contributed by atoms with Gasteiger partial charge in [0.15, 0.2) is 11.5 Å². The second-order valence-corrected chi connectivity index (χ2v) is 7.53. The number of nitrogens with one attached hydrogen (secondary N) is 1. The van der Waals surface area contributed by atoms with Crippen LogP contribution in [0.25, 0.3) is 0 Å². The van der Waals surface area contributed by atoms with Gasteiger partial charge < -0.3 is 24.3 Å². The molecule has 160 valence electrons. The first kappa shape index (κ1) is 23.2. The lowest BCUT2D eigenvalue weighted by molar-refractivity contribution is 0.344. The third kappa shape index (κ3) is 4.73. The summed E-state index contributed by atoms with van der Waals surface area (Å²) in [6.45, 7) is 5.45. The number of hydrogen-bond acceptors (Lipinski definition) is 5. The summed E-state index contributed by atoms with van der Waals surface area (Å²) in [5.41, 5.74) is 3.70. The van der Waals surface area contributed by atoms with Crippen molar-refractivity contribution in [2.45, 2.75) is 32.2 Å². The molecule has 29 heavy (non-hydrogen) atoms. The Hall–Kier alpha value is -2.11. The summed E-state index contributed by atoms with van der Waals surface area (Å²) in [7, 11) is 6.76. The van der Waals surface area contributed by atoms with E-state index in [-0.39, 0.29) is 18.4 Å². The van der Waals surface area contributed by atoms with Gasteiger partial charge in [-0.05, 0) is 65.3 Å².